The minimum atomic E-state index is 0.613. The molecule has 1 aliphatic heterocycles. The molecule has 0 bridgehead atoms. The lowest BCUT2D eigenvalue weighted by Gasteiger charge is -2.39. The normalized spacial score (nSPS) is 25.2. The Balaban J connectivity index is 1.98. The van der Waals surface area contributed by atoms with Crippen molar-refractivity contribution in [1.29, 1.82) is 0 Å². The fourth-order valence-corrected chi connectivity index (χ4v) is 2.66. The second kappa shape index (κ2) is 6.81. The Kier molecular flexibility index (Phi) is 5.08. The van der Waals surface area contributed by atoms with Crippen molar-refractivity contribution in [2.75, 3.05) is 13.1 Å². The van der Waals surface area contributed by atoms with Gasteiger partial charge in [-0.1, -0.05) is 20.3 Å². The third kappa shape index (κ3) is 3.50. The summed E-state index contributed by atoms with van der Waals surface area (Å²) in [4.78, 5) is 11.2. The number of hydrogen-bond acceptors (Lipinski definition) is 4. The first-order chi connectivity index (χ1) is 8.83. The first-order valence-corrected chi connectivity index (χ1v) is 7.06. The van der Waals surface area contributed by atoms with Gasteiger partial charge in [-0.2, -0.15) is 0 Å². The molecule has 1 fully saturated rings. The topological polar surface area (TPSA) is 41.1 Å². The van der Waals surface area contributed by atoms with Crippen molar-refractivity contribution in [1.82, 2.24) is 20.2 Å². The molecule has 4 nitrogen and oxygen atoms in total. The number of piperazine rings is 1. The van der Waals surface area contributed by atoms with Crippen molar-refractivity contribution in [2.24, 2.45) is 0 Å². The second-order valence-electron chi connectivity index (χ2n) is 5.05. The summed E-state index contributed by atoms with van der Waals surface area (Å²) in [7, 11) is 0. The molecule has 0 saturated carbocycles. The zero-order valence-corrected chi connectivity index (χ0v) is 11.5. The summed E-state index contributed by atoms with van der Waals surface area (Å²) < 4.78 is 0. The highest BCUT2D eigenvalue weighted by molar-refractivity contribution is 4.92. The van der Waals surface area contributed by atoms with Crippen LogP contribution in [0.15, 0.2) is 18.5 Å². The van der Waals surface area contributed by atoms with E-state index in [0.29, 0.717) is 12.1 Å². The lowest BCUT2D eigenvalue weighted by Crippen LogP contribution is -2.55. The zero-order valence-electron chi connectivity index (χ0n) is 11.5. The predicted molar refractivity (Wildman–Crippen MR) is 73.2 cm³/mol. The van der Waals surface area contributed by atoms with Crippen LogP contribution in [0.2, 0.25) is 0 Å². The maximum atomic E-state index is 4.34. The van der Waals surface area contributed by atoms with Gasteiger partial charge < -0.3 is 5.32 Å². The van der Waals surface area contributed by atoms with Gasteiger partial charge in [0.25, 0.3) is 0 Å². The Bertz CT molecular complexity index is 341. The molecule has 1 N–H and O–H groups in total. The lowest BCUT2D eigenvalue weighted by atomic mass is 10.0. The Labute approximate surface area is 110 Å². The van der Waals surface area contributed by atoms with Crippen molar-refractivity contribution >= 4 is 0 Å². The molecular formula is C14H24N4. The van der Waals surface area contributed by atoms with Gasteiger partial charge >= 0.3 is 0 Å². The molecule has 4 heteroatoms. The number of nitrogens with one attached hydrogen (secondary N) is 1. The monoisotopic (exact) mass is 248 g/mol. The van der Waals surface area contributed by atoms with Crippen molar-refractivity contribution in [3.63, 3.8) is 0 Å². The van der Waals surface area contributed by atoms with Gasteiger partial charge in [0, 0.05) is 37.6 Å². The van der Waals surface area contributed by atoms with Crippen LogP contribution in [-0.2, 0) is 6.54 Å². The maximum absolute atomic E-state index is 4.34. The maximum Gasteiger partial charge on any atom is 0.142 e. The van der Waals surface area contributed by atoms with Crippen LogP contribution in [0, 0.1) is 0 Å². The summed E-state index contributed by atoms with van der Waals surface area (Å²) in [5.74, 6) is 0.938. The standard InChI is InChI=1S/C14H24N4/c1-3-6-12-10-18(13(4-2)9-17-12)11-14-15-7-5-8-16-14/h5,7-8,12-13,17H,3-4,6,9-11H2,1-2H3. The molecule has 0 spiro atoms. The van der Waals surface area contributed by atoms with Gasteiger partial charge in [0.05, 0.1) is 6.54 Å². The predicted octanol–water partition coefficient (Wildman–Crippen LogP) is 1.83. The first-order valence-electron chi connectivity index (χ1n) is 7.06. The van der Waals surface area contributed by atoms with Crippen LogP contribution < -0.4 is 5.32 Å². The molecule has 1 aromatic heterocycles. The van der Waals surface area contributed by atoms with Gasteiger partial charge in [0.2, 0.25) is 0 Å². The van der Waals surface area contributed by atoms with E-state index in [4.69, 9.17) is 0 Å². The van der Waals surface area contributed by atoms with Crippen LogP contribution in [0.3, 0.4) is 0 Å². The van der Waals surface area contributed by atoms with Crippen molar-refractivity contribution in [2.45, 2.75) is 51.7 Å². The van der Waals surface area contributed by atoms with Crippen LogP contribution in [0.25, 0.3) is 0 Å². The summed E-state index contributed by atoms with van der Waals surface area (Å²) in [6.45, 7) is 7.59. The van der Waals surface area contributed by atoms with E-state index in [9.17, 15) is 0 Å². The van der Waals surface area contributed by atoms with E-state index in [2.05, 4.69) is 34.0 Å². The third-order valence-electron chi connectivity index (χ3n) is 3.69. The van der Waals surface area contributed by atoms with E-state index in [0.717, 1.165) is 25.5 Å². The fraction of sp³-hybridized carbons (Fsp3) is 0.714. The largest absolute Gasteiger partial charge is 0.311 e. The minimum absolute atomic E-state index is 0.613. The highest BCUT2D eigenvalue weighted by Crippen LogP contribution is 2.15. The third-order valence-corrected chi connectivity index (χ3v) is 3.69. The Morgan fingerprint density at radius 3 is 2.78 bits per heavy atom. The van der Waals surface area contributed by atoms with Crippen molar-refractivity contribution < 1.29 is 0 Å². The van der Waals surface area contributed by atoms with E-state index >= 15 is 0 Å². The summed E-state index contributed by atoms with van der Waals surface area (Å²) in [6.07, 6.45) is 7.33. The zero-order chi connectivity index (χ0) is 12.8. The van der Waals surface area contributed by atoms with Gasteiger partial charge in [0.15, 0.2) is 0 Å². The Hall–Kier alpha value is -1.00. The molecule has 2 unspecified atom stereocenters. The van der Waals surface area contributed by atoms with E-state index in [1.807, 2.05) is 18.5 Å². The second-order valence-corrected chi connectivity index (χ2v) is 5.05. The molecule has 100 valence electrons. The number of nitrogens with zero attached hydrogens (tertiary/aromatic N) is 3. The van der Waals surface area contributed by atoms with Gasteiger partial charge in [-0.3, -0.25) is 4.90 Å². The molecule has 0 amide bonds. The van der Waals surface area contributed by atoms with Crippen molar-refractivity contribution in [3.8, 4) is 0 Å². The van der Waals surface area contributed by atoms with Gasteiger partial charge in [-0.15, -0.1) is 0 Å². The molecule has 2 heterocycles. The quantitative estimate of drug-likeness (QED) is 0.863. The Morgan fingerprint density at radius 2 is 2.11 bits per heavy atom. The van der Waals surface area contributed by atoms with Crippen LogP contribution in [0.1, 0.15) is 38.9 Å². The lowest BCUT2D eigenvalue weighted by molar-refractivity contribution is 0.112. The average molecular weight is 248 g/mol. The molecule has 18 heavy (non-hydrogen) atoms. The molecular weight excluding hydrogens is 224 g/mol. The van der Waals surface area contributed by atoms with E-state index < -0.39 is 0 Å². The summed E-state index contributed by atoms with van der Waals surface area (Å²) in [5.41, 5.74) is 0. The minimum Gasteiger partial charge on any atom is -0.311 e. The van der Waals surface area contributed by atoms with Gasteiger partial charge in [-0.25, -0.2) is 9.97 Å². The van der Waals surface area contributed by atoms with E-state index in [-0.39, 0.29) is 0 Å². The molecule has 1 aliphatic rings. The molecule has 1 saturated heterocycles. The van der Waals surface area contributed by atoms with E-state index in [1.54, 1.807) is 0 Å². The summed E-state index contributed by atoms with van der Waals surface area (Å²) in [6, 6.07) is 3.11. The molecule has 2 atom stereocenters. The highest BCUT2D eigenvalue weighted by atomic mass is 15.2. The summed E-state index contributed by atoms with van der Waals surface area (Å²) in [5, 5.41) is 3.65. The highest BCUT2D eigenvalue weighted by Gasteiger charge is 2.26. The Morgan fingerprint density at radius 1 is 1.33 bits per heavy atom. The SMILES string of the molecule is CCCC1CN(Cc2ncccn2)C(CC)CN1. The van der Waals surface area contributed by atoms with Gasteiger partial charge in [-0.05, 0) is 18.9 Å². The van der Waals surface area contributed by atoms with Crippen LogP contribution >= 0.6 is 0 Å². The fourth-order valence-electron chi connectivity index (χ4n) is 2.66. The smallest absolute Gasteiger partial charge is 0.142 e. The van der Waals surface area contributed by atoms with Crippen molar-refractivity contribution in [3.05, 3.63) is 24.3 Å². The molecule has 0 aromatic carbocycles. The van der Waals surface area contributed by atoms with E-state index in [1.165, 1.54) is 19.3 Å². The first kappa shape index (κ1) is 13.4. The molecule has 2 rings (SSSR count). The molecule has 1 aromatic rings. The summed E-state index contributed by atoms with van der Waals surface area (Å²) >= 11 is 0. The number of hydrogen-bond donors (Lipinski definition) is 1. The number of rotatable bonds is 5. The van der Waals surface area contributed by atoms with Crippen LogP contribution in [0.4, 0.5) is 0 Å². The number of aromatic nitrogens is 2. The van der Waals surface area contributed by atoms with Crippen LogP contribution in [0.5, 0.6) is 0 Å². The molecule has 0 aliphatic carbocycles. The van der Waals surface area contributed by atoms with Gasteiger partial charge in [0.1, 0.15) is 5.82 Å². The van der Waals surface area contributed by atoms with Crippen LogP contribution in [-0.4, -0.2) is 40.0 Å². The molecule has 0 radical (unpaired) electrons. The average Bonchev–Trinajstić information content (AvgIpc) is 2.41.